The smallest absolute Gasteiger partial charge is 0.408 e. The normalized spacial score (nSPS) is 10.2. The van der Waals surface area contributed by atoms with Crippen LogP contribution in [0.25, 0.3) is 0 Å². The van der Waals surface area contributed by atoms with Crippen molar-refractivity contribution in [2.75, 3.05) is 13.2 Å². The number of benzene rings is 1. The van der Waals surface area contributed by atoms with Gasteiger partial charge in [0.2, 0.25) is 0 Å². The van der Waals surface area contributed by atoms with Crippen molar-refractivity contribution in [3.05, 3.63) is 35.4 Å². The molecular formula is C22H34N2O9. The molecule has 0 saturated heterocycles. The molecule has 1 aromatic carbocycles. The van der Waals surface area contributed by atoms with Gasteiger partial charge in [0.25, 0.3) is 5.91 Å². The molecule has 1 unspecified atom stereocenters. The van der Waals surface area contributed by atoms with Crippen molar-refractivity contribution in [2.24, 2.45) is 0 Å². The molecule has 2 amide bonds. The highest BCUT2D eigenvalue weighted by atomic mass is 16.6. The number of unbranched alkanes of at least 4 members (excludes halogenated alkanes) is 1. The Bertz CT molecular complexity index is 766. The molecule has 0 aromatic heterocycles. The summed E-state index contributed by atoms with van der Waals surface area (Å²) in [5, 5.41) is 29.9. The Labute approximate surface area is 193 Å². The lowest BCUT2D eigenvalue weighted by Crippen LogP contribution is -2.41. The minimum atomic E-state index is -1.44. The van der Waals surface area contributed by atoms with E-state index in [0.717, 1.165) is 30.5 Å². The maximum absolute atomic E-state index is 11.6. The molecule has 0 bridgehead atoms. The summed E-state index contributed by atoms with van der Waals surface area (Å²) in [6.07, 6.45) is 0.138. The van der Waals surface area contributed by atoms with Gasteiger partial charge in [-0.05, 0) is 31.9 Å². The minimum Gasteiger partial charge on any atom is -0.481 e. The number of carbonyl (C=O) groups is 5. The number of aliphatic carboxylic acids is 3. The van der Waals surface area contributed by atoms with Gasteiger partial charge in [-0.1, -0.05) is 44.9 Å². The van der Waals surface area contributed by atoms with Crippen LogP contribution in [0, 0.1) is 6.92 Å². The van der Waals surface area contributed by atoms with Gasteiger partial charge in [-0.3, -0.25) is 9.59 Å². The quantitative estimate of drug-likeness (QED) is 0.304. The first-order valence-corrected chi connectivity index (χ1v) is 10.5. The summed E-state index contributed by atoms with van der Waals surface area (Å²) in [7, 11) is 0. The molecule has 0 aliphatic heterocycles. The number of rotatable bonds is 11. The molecule has 0 spiro atoms. The zero-order valence-corrected chi connectivity index (χ0v) is 19.4. The maximum atomic E-state index is 11.6. The Morgan fingerprint density at radius 3 is 2.15 bits per heavy atom. The second-order valence-corrected chi connectivity index (χ2v) is 6.42. The van der Waals surface area contributed by atoms with E-state index in [4.69, 9.17) is 15.3 Å². The zero-order chi connectivity index (χ0) is 25.8. The highest BCUT2D eigenvalue weighted by Gasteiger charge is 2.21. The summed E-state index contributed by atoms with van der Waals surface area (Å²) in [5.41, 5.74) is 1.87. The number of carbonyl (C=O) groups excluding carboxylic acids is 2. The van der Waals surface area contributed by atoms with E-state index < -0.39 is 43.1 Å². The molecule has 186 valence electrons. The van der Waals surface area contributed by atoms with Crippen LogP contribution in [0.4, 0.5) is 4.79 Å². The van der Waals surface area contributed by atoms with Gasteiger partial charge in [-0.15, -0.1) is 0 Å². The monoisotopic (exact) mass is 470 g/mol. The van der Waals surface area contributed by atoms with Crippen LogP contribution < -0.4 is 10.6 Å². The summed E-state index contributed by atoms with van der Waals surface area (Å²) in [6.45, 7) is 7.96. The number of carboxylic acids is 3. The highest BCUT2D eigenvalue weighted by Crippen LogP contribution is 2.03. The fraction of sp³-hybridized carbons (Fsp3) is 0.500. The molecule has 1 atom stereocenters. The van der Waals surface area contributed by atoms with Gasteiger partial charge in [0, 0.05) is 18.5 Å². The lowest BCUT2D eigenvalue weighted by molar-refractivity contribution is -0.140. The third-order valence-corrected chi connectivity index (χ3v) is 3.66. The Morgan fingerprint density at radius 2 is 1.67 bits per heavy atom. The van der Waals surface area contributed by atoms with Gasteiger partial charge in [0.15, 0.2) is 6.61 Å². The summed E-state index contributed by atoms with van der Waals surface area (Å²) in [4.78, 5) is 53.3. The fourth-order valence-electron chi connectivity index (χ4n) is 2.10. The van der Waals surface area contributed by atoms with Crippen LogP contribution >= 0.6 is 0 Å². The molecule has 0 fully saturated rings. The number of hydrogen-bond donors (Lipinski definition) is 5. The predicted molar refractivity (Wildman–Crippen MR) is 120 cm³/mol. The molecule has 11 heteroatoms. The summed E-state index contributed by atoms with van der Waals surface area (Å²) >= 11 is 0. The van der Waals surface area contributed by atoms with Crippen molar-refractivity contribution in [1.82, 2.24) is 10.6 Å². The summed E-state index contributed by atoms with van der Waals surface area (Å²) in [6, 6.07) is 6.20. The molecule has 0 aliphatic rings. The summed E-state index contributed by atoms with van der Waals surface area (Å²) < 4.78 is 4.13. The van der Waals surface area contributed by atoms with Crippen molar-refractivity contribution < 1.29 is 44.0 Å². The van der Waals surface area contributed by atoms with Crippen LogP contribution in [0.1, 0.15) is 62.4 Å². The van der Waals surface area contributed by atoms with Crippen LogP contribution in [0.2, 0.25) is 0 Å². The number of alkyl carbamates (subject to hydrolysis) is 1. The molecule has 5 N–H and O–H groups in total. The maximum Gasteiger partial charge on any atom is 0.408 e. The van der Waals surface area contributed by atoms with Crippen LogP contribution in [-0.4, -0.2) is 64.4 Å². The molecule has 0 heterocycles. The Balaban J connectivity index is 0. The van der Waals surface area contributed by atoms with Crippen molar-refractivity contribution in [3.63, 3.8) is 0 Å². The van der Waals surface area contributed by atoms with Crippen molar-refractivity contribution >= 4 is 29.9 Å². The Hall–Kier alpha value is -3.63. The second kappa shape index (κ2) is 19.1. The number of carboxylic acid groups (broad SMARTS) is 3. The number of hydrogen-bond acceptors (Lipinski definition) is 6. The van der Waals surface area contributed by atoms with E-state index in [-0.39, 0.29) is 12.3 Å². The Kier molecular flexibility index (Phi) is 18.2. The molecule has 0 radical (unpaired) electrons. The number of ether oxygens (including phenoxy) is 1. The first kappa shape index (κ1) is 31.6. The molecule has 33 heavy (non-hydrogen) atoms. The molecule has 0 aliphatic carbocycles. The van der Waals surface area contributed by atoms with Crippen LogP contribution in [0.5, 0.6) is 0 Å². The van der Waals surface area contributed by atoms with Gasteiger partial charge >= 0.3 is 24.0 Å². The first-order valence-electron chi connectivity index (χ1n) is 10.5. The highest BCUT2D eigenvalue weighted by molar-refractivity contribution is 5.94. The van der Waals surface area contributed by atoms with Crippen LogP contribution in [-0.2, 0) is 19.1 Å². The average molecular weight is 471 g/mol. The minimum absolute atomic E-state index is 0.0298. The first-order chi connectivity index (χ1) is 15.6. The van der Waals surface area contributed by atoms with Gasteiger partial charge < -0.3 is 30.7 Å². The second-order valence-electron chi connectivity index (χ2n) is 6.42. The molecule has 1 aromatic rings. The van der Waals surface area contributed by atoms with E-state index >= 15 is 0 Å². The third-order valence-electron chi connectivity index (χ3n) is 3.66. The molecule has 1 rings (SSSR count). The van der Waals surface area contributed by atoms with E-state index in [2.05, 4.69) is 17.0 Å². The lowest BCUT2D eigenvalue weighted by atomic mass is 10.1. The zero-order valence-electron chi connectivity index (χ0n) is 19.4. The van der Waals surface area contributed by atoms with Gasteiger partial charge in [0.1, 0.15) is 6.04 Å². The lowest BCUT2D eigenvalue weighted by Gasteiger charge is -2.12. The Morgan fingerprint density at radius 1 is 1.03 bits per heavy atom. The van der Waals surface area contributed by atoms with Crippen LogP contribution in [0.15, 0.2) is 24.3 Å². The third kappa shape index (κ3) is 17.7. The van der Waals surface area contributed by atoms with Gasteiger partial charge in [-0.25, -0.2) is 14.4 Å². The molecule has 11 nitrogen and oxygen atoms in total. The van der Waals surface area contributed by atoms with E-state index in [1.807, 2.05) is 50.4 Å². The van der Waals surface area contributed by atoms with Gasteiger partial charge in [-0.2, -0.15) is 0 Å². The average Bonchev–Trinajstić information content (AvgIpc) is 2.76. The molecule has 0 saturated carbocycles. The van der Waals surface area contributed by atoms with Crippen molar-refractivity contribution in [1.29, 1.82) is 0 Å². The predicted octanol–water partition coefficient (Wildman–Crippen LogP) is 2.67. The largest absolute Gasteiger partial charge is 0.481 e. The standard InChI is InChI=1S/C12H17NO.C8H11NO8.C2H6/c1-3-4-8-13-12(14)11-7-5-6-10(2)9-11;10-5(11)2-1-4(7(14)15)9-8(16)17-3-6(12)13;1-2/h5-7,9H,3-4,8H2,1-2H3,(H,13,14);4H,1-3H2,(H,9,16)(H,10,11)(H,12,13)(H,14,15);1-2H3. The number of amides is 2. The number of nitrogens with one attached hydrogen (secondary N) is 2. The van der Waals surface area contributed by atoms with E-state index in [9.17, 15) is 24.0 Å². The topological polar surface area (TPSA) is 179 Å². The van der Waals surface area contributed by atoms with E-state index in [1.165, 1.54) is 0 Å². The van der Waals surface area contributed by atoms with Crippen molar-refractivity contribution in [3.8, 4) is 0 Å². The number of aryl methyl sites for hydroxylation is 1. The molecular weight excluding hydrogens is 436 g/mol. The van der Waals surface area contributed by atoms with Crippen LogP contribution in [0.3, 0.4) is 0 Å². The fourth-order valence-corrected chi connectivity index (χ4v) is 2.10. The van der Waals surface area contributed by atoms with Gasteiger partial charge in [0.05, 0.1) is 0 Å². The van der Waals surface area contributed by atoms with Crippen molar-refractivity contribution in [2.45, 2.75) is 59.4 Å². The summed E-state index contributed by atoms with van der Waals surface area (Å²) in [5.74, 6) is -4.00. The SMILES string of the molecule is CC.CCCCNC(=O)c1cccc(C)c1.O=C(O)CCC(NC(=O)OCC(=O)O)C(=O)O. The van der Waals surface area contributed by atoms with E-state index in [1.54, 1.807) is 0 Å². The van der Waals surface area contributed by atoms with E-state index in [0.29, 0.717) is 0 Å².